The number of carbonyl (C=O) groups is 1. The third kappa shape index (κ3) is 5.72. The summed E-state index contributed by atoms with van der Waals surface area (Å²) in [6.07, 6.45) is 7.40. The summed E-state index contributed by atoms with van der Waals surface area (Å²) >= 11 is 0. The first-order valence-corrected chi connectivity index (χ1v) is 8.80. The monoisotopic (exact) mass is 328 g/mol. The van der Waals surface area contributed by atoms with Crippen LogP contribution in [0.25, 0.3) is 0 Å². The number of nitrogens with zero attached hydrogens (tertiary/aromatic N) is 1. The first kappa shape index (κ1) is 18.0. The van der Waals surface area contributed by atoms with Gasteiger partial charge in [0, 0.05) is 24.7 Å². The fourth-order valence-electron chi connectivity index (χ4n) is 2.57. The Labute approximate surface area is 144 Å². The number of hydrogen-bond acceptors (Lipinski definition) is 2. The number of nitrogens with one attached hydrogen (secondary N) is 3. The van der Waals surface area contributed by atoms with Crippen molar-refractivity contribution in [3.8, 4) is 0 Å². The fourth-order valence-corrected chi connectivity index (χ4v) is 2.57. The average Bonchev–Trinajstić information content (AvgIpc) is 3.11. The van der Waals surface area contributed by atoms with Gasteiger partial charge in [0.05, 0.1) is 6.54 Å². The molecule has 1 aromatic rings. The van der Waals surface area contributed by atoms with Crippen LogP contribution in [0, 0.1) is 0 Å². The normalized spacial score (nSPS) is 14.7. The first-order chi connectivity index (χ1) is 11.7. The molecular weight excluding hydrogens is 300 g/mol. The Balaban J connectivity index is 1.98. The van der Waals surface area contributed by atoms with Crippen LogP contribution in [-0.4, -0.2) is 31.0 Å². The molecule has 0 spiro atoms. The Morgan fingerprint density at radius 2 is 2.00 bits per heavy atom. The number of benzene rings is 1. The molecule has 1 aromatic carbocycles. The second-order valence-electron chi connectivity index (χ2n) is 5.94. The number of guanidine groups is 1. The highest BCUT2D eigenvalue weighted by Gasteiger charge is 2.11. The largest absolute Gasteiger partial charge is 0.357 e. The van der Waals surface area contributed by atoms with E-state index in [0.29, 0.717) is 24.7 Å². The summed E-state index contributed by atoms with van der Waals surface area (Å²) < 4.78 is 0. The van der Waals surface area contributed by atoms with Crippen molar-refractivity contribution < 1.29 is 4.79 Å². The molecule has 3 N–H and O–H groups in total. The van der Waals surface area contributed by atoms with E-state index in [2.05, 4.69) is 40.0 Å². The lowest BCUT2D eigenvalue weighted by Crippen LogP contribution is -2.42. The van der Waals surface area contributed by atoms with Gasteiger partial charge in [-0.3, -0.25) is 4.79 Å². The van der Waals surface area contributed by atoms with E-state index in [-0.39, 0.29) is 5.91 Å². The first-order valence-electron chi connectivity index (χ1n) is 8.80. The van der Waals surface area contributed by atoms with Crippen LogP contribution in [0.15, 0.2) is 41.4 Å². The van der Waals surface area contributed by atoms with Crippen molar-refractivity contribution in [2.45, 2.75) is 45.7 Å². The molecule has 0 radical (unpaired) electrons. The van der Waals surface area contributed by atoms with Gasteiger partial charge in [0.2, 0.25) is 0 Å². The van der Waals surface area contributed by atoms with Crippen LogP contribution < -0.4 is 16.0 Å². The summed E-state index contributed by atoms with van der Waals surface area (Å²) in [6.45, 7) is 6.17. The van der Waals surface area contributed by atoms with E-state index in [1.807, 2.05) is 31.2 Å². The van der Waals surface area contributed by atoms with E-state index in [1.54, 1.807) is 0 Å². The average molecular weight is 328 g/mol. The highest BCUT2D eigenvalue weighted by molar-refractivity contribution is 5.94. The van der Waals surface area contributed by atoms with Crippen LogP contribution >= 0.6 is 0 Å². The molecule has 5 nitrogen and oxygen atoms in total. The van der Waals surface area contributed by atoms with Crippen LogP contribution in [0.5, 0.6) is 0 Å². The van der Waals surface area contributed by atoms with Gasteiger partial charge >= 0.3 is 0 Å². The molecule has 0 aromatic heterocycles. The third-order valence-corrected chi connectivity index (χ3v) is 3.84. The molecule has 1 amide bonds. The lowest BCUT2D eigenvalue weighted by atomic mass is 10.1. The number of amides is 1. The number of hydrogen-bond donors (Lipinski definition) is 3. The lowest BCUT2D eigenvalue weighted by molar-refractivity contribution is 0.0953. The molecule has 2 rings (SSSR count). The molecule has 0 bridgehead atoms. The van der Waals surface area contributed by atoms with Gasteiger partial charge in [0.1, 0.15) is 0 Å². The highest BCUT2D eigenvalue weighted by atomic mass is 16.1. The van der Waals surface area contributed by atoms with Gasteiger partial charge in [-0.1, -0.05) is 31.2 Å². The number of rotatable bonds is 7. The topological polar surface area (TPSA) is 65.5 Å². The van der Waals surface area contributed by atoms with Crippen LogP contribution in [0.4, 0.5) is 0 Å². The minimum Gasteiger partial charge on any atom is -0.357 e. The van der Waals surface area contributed by atoms with Gasteiger partial charge < -0.3 is 16.0 Å². The summed E-state index contributed by atoms with van der Waals surface area (Å²) in [5, 5.41) is 9.63. The fraction of sp³-hybridized carbons (Fsp3) is 0.474. The molecule has 1 aliphatic rings. The smallest absolute Gasteiger partial charge is 0.251 e. The highest BCUT2D eigenvalue weighted by Crippen LogP contribution is 2.10. The molecule has 1 aliphatic carbocycles. The summed E-state index contributed by atoms with van der Waals surface area (Å²) in [6, 6.07) is 8.09. The molecule has 0 heterocycles. The molecule has 0 saturated heterocycles. The molecule has 24 heavy (non-hydrogen) atoms. The minimum absolute atomic E-state index is 0.0234. The van der Waals surface area contributed by atoms with E-state index in [1.165, 1.54) is 0 Å². The summed E-state index contributed by atoms with van der Waals surface area (Å²) in [4.78, 5) is 16.7. The van der Waals surface area contributed by atoms with Crippen molar-refractivity contribution in [1.29, 1.82) is 0 Å². The van der Waals surface area contributed by atoms with Crippen LogP contribution in [0.2, 0.25) is 0 Å². The molecule has 0 fully saturated rings. The van der Waals surface area contributed by atoms with Crippen molar-refractivity contribution in [2.75, 3.05) is 13.1 Å². The van der Waals surface area contributed by atoms with Gasteiger partial charge in [-0.2, -0.15) is 0 Å². The third-order valence-electron chi connectivity index (χ3n) is 3.84. The van der Waals surface area contributed by atoms with Gasteiger partial charge in [0.15, 0.2) is 5.96 Å². The number of carbonyl (C=O) groups excluding carboxylic acids is 1. The second-order valence-corrected chi connectivity index (χ2v) is 5.94. The van der Waals surface area contributed by atoms with Crippen LogP contribution in [0.3, 0.4) is 0 Å². The van der Waals surface area contributed by atoms with Crippen molar-refractivity contribution in [1.82, 2.24) is 16.0 Å². The van der Waals surface area contributed by atoms with Crippen molar-refractivity contribution in [3.63, 3.8) is 0 Å². The van der Waals surface area contributed by atoms with Crippen molar-refractivity contribution in [3.05, 3.63) is 47.5 Å². The van der Waals surface area contributed by atoms with E-state index < -0.39 is 0 Å². The molecule has 0 aliphatic heterocycles. The van der Waals surface area contributed by atoms with Gasteiger partial charge in [-0.05, 0) is 43.9 Å². The van der Waals surface area contributed by atoms with Crippen LogP contribution in [0.1, 0.15) is 49.0 Å². The van der Waals surface area contributed by atoms with Gasteiger partial charge in [-0.15, -0.1) is 0 Å². The zero-order chi connectivity index (χ0) is 17.2. The van der Waals surface area contributed by atoms with Gasteiger partial charge in [-0.25, -0.2) is 4.99 Å². The zero-order valence-electron chi connectivity index (χ0n) is 14.6. The maximum Gasteiger partial charge on any atom is 0.251 e. The Morgan fingerprint density at radius 3 is 2.71 bits per heavy atom. The maximum absolute atomic E-state index is 12.0. The van der Waals surface area contributed by atoms with Crippen molar-refractivity contribution in [2.24, 2.45) is 4.99 Å². The SMILES string of the molecule is CCCNC(=O)c1cccc(CN=C(NCC)NC2CC=CC2)c1. The molecule has 130 valence electrons. The van der Waals surface area contributed by atoms with E-state index in [9.17, 15) is 4.79 Å². The molecule has 0 saturated carbocycles. The molecular formula is C19H28N4O. The maximum atomic E-state index is 12.0. The van der Waals surface area contributed by atoms with Crippen LogP contribution in [-0.2, 0) is 6.54 Å². The summed E-state index contributed by atoms with van der Waals surface area (Å²) in [5.41, 5.74) is 1.72. The van der Waals surface area contributed by atoms with E-state index >= 15 is 0 Å². The molecule has 5 heteroatoms. The molecule has 0 atom stereocenters. The van der Waals surface area contributed by atoms with Crippen molar-refractivity contribution >= 4 is 11.9 Å². The van der Waals surface area contributed by atoms with Gasteiger partial charge in [0.25, 0.3) is 5.91 Å². The Morgan fingerprint density at radius 1 is 1.21 bits per heavy atom. The second kappa shape index (κ2) is 9.75. The summed E-state index contributed by atoms with van der Waals surface area (Å²) in [5.74, 6) is 0.803. The van der Waals surface area contributed by atoms with E-state index in [0.717, 1.165) is 37.3 Å². The summed E-state index contributed by atoms with van der Waals surface area (Å²) in [7, 11) is 0. The Bertz CT molecular complexity index is 587. The van der Waals surface area contributed by atoms with E-state index in [4.69, 9.17) is 0 Å². The Kier molecular flexibility index (Phi) is 7.33. The predicted octanol–water partition coefficient (Wildman–Crippen LogP) is 2.60. The number of aliphatic imine (C=N–C) groups is 1. The quantitative estimate of drug-likeness (QED) is 0.409. The molecule has 0 unspecified atom stereocenters. The Hall–Kier alpha value is -2.30. The predicted molar refractivity (Wildman–Crippen MR) is 99.2 cm³/mol. The standard InChI is InChI=1S/C19H28N4O/c1-3-12-21-18(24)16-9-7-8-15(13-16)14-22-19(20-4-2)23-17-10-5-6-11-17/h5-9,13,17H,3-4,10-12,14H2,1-2H3,(H,21,24)(H2,20,22,23). The minimum atomic E-state index is -0.0234. The zero-order valence-corrected chi connectivity index (χ0v) is 14.6. The lowest BCUT2D eigenvalue weighted by Gasteiger charge is -2.16.